The van der Waals surface area contributed by atoms with Gasteiger partial charge in [-0.05, 0) is 39.3 Å². The molecule has 0 aromatic carbocycles. The molecule has 100 valence electrons. The SMILES string of the molecule is CC(CCO)NC(=O)c1ncccc1OC(C)C. The zero-order chi connectivity index (χ0) is 13.5. The van der Waals surface area contributed by atoms with Crippen molar-refractivity contribution in [2.75, 3.05) is 6.61 Å². The number of pyridine rings is 1. The molecule has 1 aromatic heterocycles. The van der Waals surface area contributed by atoms with Gasteiger partial charge in [-0.3, -0.25) is 4.79 Å². The average molecular weight is 252 g/mol. The Balaban J connectivity index is 2.78. The van der Waals surface area contributed by atoms with Crippen LogP contribution in [0.3, 0.4) is 0 Å². The fourth-order valence-electron chi connectivity index (χ4n) is 1.47. The molecular formula is C13H20N2O3. The Morgan fingerprint density at radius 3 is 2.83 bits per heavy atom. The Hall–Kier alpha value is -1.62. The molecule has 5 heteroatoms. The molecular weight excluding hydrogens is 232 g/mol. The van der Waals surface area contributed by atoms with Gasteiger partial charge in [-0.2, -0.15) is 0 Å². The van der Waals surface area contributed by atoms with Crippen LogP contribution in [0.25, 0.3) is 0 Å². The number of rotatable bonds is 6. The number of hydrogen-bond donors (Lipinski definition) is 2. The molecule has 0 spiro atoms. The minimum absolute atomic E-state index is 0.0179. The van der Waals surface area contributed by atoms with E-state index in [0.717, 1.165) is 0 Å². The van der Waals surface area contributed by atoms with E-state index in [-0.39, 0.29) is 30.4 Å². The van der Waals surface area contributed by atoms with E-state index in [9.17, 15) is 4.79 Å². The van der Waals surface area contributed by atoms with Crippen LogP contribution in [0.4, 0.5) is 0 Å². The summed E-state index contributed by atoms with van der Waals surface area (Å²) in [6, 6.07) is 3.35. The Morgan fingerprint density at radius 2 is 2.22 bits per heavy atom. The van der Waals surface area contributed by atoms with Gasteiger partial charge in [-0.15, -0.1) is 0 Å². The fraction of sp³-hybridized carbons (Fsp3) is 0.538. The maximum Gasteiger partial charge on any atom is 0.273 e. The summed E-state index contributed by atoms with van der Waals surface area (Å²) < 4.78 is 5.54. The van der Waals surface area contributed by atoms with Crippen LogP contribution in [-0.4, -0.2) is 34.8 Å². The minimum Gasteiger partial charge on any atom is -0.489 e. The molecule has 0 bridgehead atoms. The highest BCUT2D eigenvalue weighted by Gasteiger charge is 2.16. The summed E-state index contributed by atoms with van der Waals surface area (Å²) in [5.74, 6) is 0.188. The zero-order valence-electron chi connectivity index (χ0n) is 11.0. The van der Waals surface area contributed by atoms with Crippen molar-refractivity contribution in [3.63, 3.8) is 0 Å². The van der Waals surface area contributed by atoms with Gasteiger partial charge >= 0.3 is 0 Å². The van der Waals surface area contributed by atoms with Crippen LogP contribution in [0.1, 0.15) is 37.7 Å². The molecule has 1 heterocycles. The number of aromatic nitrogens is 1. The zero-order valence-corrected chi connectivity index (χ0v) is 11.0. The normalized spacial score (nSPS) is 12.3. The molecule has 0 saturated carbocycles. The van der Waals surface area contributed by atoms with Crippen LogP contribution in [0, 0.1) is 0 Å². The van der Waals surface area contributed by atoms with E-state index in [1.165, 1.54) is 0 Å². The predicted octanol–water partition coefficient (Wildman–Crippen LogP) is 1.37. The predicted molar refractivity (Wildman–Crippen MR) is 68.6 cm³/mol. The Bertz CT molecular complexity index is 394. The number of carbonyl (C=O) groups excluding carboxylic acids is 1. The van der Waals surface area contributed by atoms with Crippen LogP contribution in [0.15, 0.2) is 18.3 Å². The van der Waals surface area contributed by atoms with Gasteiger partial charge < -0.3 is 15.2 Å². The van der Waals surface area contributed by atoms with Crippen LogP contribution in [0.2, 0.25) is 0 Å². The molecule has 2 N–H and O–H groups in total. The second-order valence-electron chi connectivity index (χ2n) is 4.40. The van der Waals surface area contributed by atoms with E-state index < -0.39 is 0 Å². The van der Waals surface area contributed by atoms with Crippen molar-refractivity contribution in [3.8, 4) is 5.75 Å². The van der Waals surface area contributed by atoms with Crippen molar-refractivity contribution in [3.05, 3.63) is 24.0 Å². The summed E-state index contributed by atoms with van der Waals surface area (Å²) in [6.45, 7) is 5.66. The van der Waals surface area contributed by atoms with Crippen LogP contribution in [-0.2, 0) is 0 Å². The number of ether oxygens (including phenoxy) is 1. The fourth-order valence-corrected chi connectivity index (χ4v) is 1.47. The van der Waals surface area contributed by atoms with E-state index in [2.05, 4.69) is 10.3 Å². The first-order chi connectivity index (χ1) is 8.54. The molecule has 0 aliphatic heterocycles. The number of amides is 1. The third-order valence-corrected chi connectivity index (χ3v) is 2.29. The quantitative estimate of drug-likeness (QED) is 0.802. The van der Waals surface area contributed by atoms with E-state index in [1.807, 2.05) is 20.8 Å². The van der Waals surface area contributed by atoms with Crippen molar-refractivity contribution in [1.82, 2.24) is 10.3 Å². The molecule has 0 saturated heterocycles. The van der Waals surface area contributed by atoms with Gasteiger partial charge in [0, 0.05) is 18.8 Å². The van der Waals surface area contributed by atoms with Crippen molar-refractivity contribution >= 4 is 5.91 Å². The van der Waals surface area contributed by atoms with Crippen molar-refractivity contribution in [2.45, 2.75) is 39.3 Å². The highest BCUT2D eigenvalue weighted by molar-refractivity contribution is 5.95. The standard InChI is InChI=1S/C13H20N2O3/c1-9(2)18-11-5-4-7-14-12(11)13(17)15-10(3)6-8-16/h4-5,7,9-10,16H,6,8H2,1-3H3,(H,15,17). The Labute approximate surface area is 107 Å². The average Bonchev–Trinajstić information content (AvgIpc) is 2.28. The van der Waals surface area contributed by atoms with Gasteiger partial charge in [0.25, 0.3) is 5.91 Å². The molecule has 0 aliphatic carbocycles. The van der Waals surface area contributed by atoms with E-state index in [0.29, 0.717) is 12.2 Å². The summed E-state index contributed by atoms with van der Waals surface area (Å²) in [5.41, 5.74) is 0.274. The number of aliphatic hydroxyl groups excluding tert-OH is 1. The summed E-state index contributed by atoms with van der Waals surface area (Å²) >= 11 is 0. The summed E-state index contributed by atoms with van der Waals surface area (Å²) in [7, 11) is 0. The number of nitrogens with one attached hydrogen (secondary N) is 1. The lowest BCUT2D eigenvalue weighted by molar-refractivity contribution is 0.0923. The Kier molecular flexibility index (Phi) is 5.58. The highest BCUT2D eigenvalue weighted by Crippen LogP contribution is 2.17. The topological polar surface area (TPSA) is 71.5 Å². The largest absolute Gasteiger partial charge is 0.489 e. The smallest absolute Gasteiger partial charge is 0.273 e. The summed E-state index contributed by atoms with van der Waals surface area (Å²) in [4.78, 5) is 16.0. The van der Waals surface area contributed by atoms with Gasteiger partial charge in [-0.25, -0.2) is 4.98 Å². The van der Waals surface area contributed by atoms with Crippen LogP contribution < -0.4 is 10.1 Å². The number of nitrogens with zero attached hydrogens (tertiary/aromatic N) is 1. The third-order valence-electron chi connectivity index (χ3n) is 2.29. The molecule has 5 nitrogen and oxygen atoms in total. The molecule has 1 rings (SSSR count). The first-order valence-electron chi connectivity index (χ1n) is 6.08. The lowest BCUT2D eigenvalue weighted by Crippen LogP contribution is -2.34. The first-order valence-corrected chi connectivity index (χ1v) is 6.08. The summed E-state index contributed by atoms with van der Waals surface area (Å²) in [5, 5.41) is 11.6. The van der Waals surface area contributed by atoms with Gasteiger partial charge in [0.2, 0.25) is 0 Å². The van der Waals surface area contributed by atoms with Gasteiger partial charge in [-0.1, -0.05) is 0 Å². The van der Waals surface area contributed by atoms with Crippen molar-refractivity contribution in [1.29, 1.82) is 0 Å². The second kappa shape index (κ2) is 6.96. The van der Waals surface area contributed by atoms with E-state index in [4.69, 9.17) is 9.84 Å². The highest BCUT2D eigenvalue weighted by atomic mass is 16.5. The molecule has 0 radical (unpaired) electrons. The van der Waals surface area contributed by atoms with Crippen molar-refractivity contribution < 1.29 is 14.6 Å². The van der Waals surface area contributed by atoms with Crippen LogP contribution >= 0.6 is 0 Å². The molecule has 1 unspecified atom stereocenters. The molecule has 0 aliphatic rings. The number of aliphatic hydroxyl groups is 1. The second-order valence-corrected chi connectivity index (χ2v) is 4.40. The molecule has 1 aromatic rings. The molecule has 1 atom stereocenters. The number of carbonyl (C=O) groups is 1. The van der Waals surface area contributed by atoms with E-state index in [1.54, 1.807) is 18.3 Å². The lowest BCUT2D eigenvalue weighted by atomic mass is 10.2. The minimum atomic E-state index is -0.285. The maximum absolute atomic E-state index is 12.0. The van der Waals surface area contributed by atoms with Gasteiger partial charge in [0.05, 0.1) is 6.10 Å². The first kappa shape index (κ1) is 14.4. The summed E-state index contributed by atoms with van der Waals surface area (Å²) in [6.07, 6.45) is 2.05. The monoisotopic (exact) mass is 252 g/mol. The van der Waals surface area contributed by atoms with Gasteiger partial charge in [0.15, 0.2) is 11.4 Å². The van der Waals surface area contributed by atoms with Crippen molar-refractivity contribution in [2.24, 2.45) is 0 Å². The lowest BCUT2D eigenvalue weighted by Gasteiger charge is -2.15. The molecule has 0 fully saturated rings. The molecule has 1 amide bonds. The maximum atomic E-state index is 12.0. The number of hydrogen-bond acceptors (Lipinski definition) is 4. The Morgan fingerprint density at radius 1 is 1.50 bits per heavy atom. The van der Waals surface area contributed by atoms with Crippen LogP contribution in [0.5, 0.6) is 5.75 Å². The molecule has 18 heavy (non-hydrogen) atoms. The van der Waals surface area contributed by atoms with E-state index >= 15 is 0 Å². The van der Waals surface area contributed by atoms with Gasteiger partial charge in [0.1, 0.15) is 0 Å². The third kappa shape index (κ3) is 4.33.